The van der Waals surface area contributed by atoms with Gasteiger partial charge in [0, 0.05) is 25.6 Å². The molecule has 0 bridgehead atoms. The van der Waals surface area contributed by atoms with Gasteiger partial charge in [0.25, 0.3) is 0 Å². The number of nitrogens with one attached hydrogen (secondary N) is 1. The van der Waals surface area contributed by atoms with Crippen LogP contribution in [-0.4, -0.2) is 41.4 Å². The van der Waals surface area contributed by atoms with Crippen LogP contribution < -0.4 is 11.1 Å². The normalized spacial score (nSPS) is 20.3. The first kappa shape index (κ1) is 15.0. The Balaban J connectivity index is 2.44. The molecule has 1 fully saturated rings. The van der Waals surface area contributed by atoms with Gasteiger partial charge in [0.2, 0.25) is 11.8 Å². The van der Waals surface area contributed by atoms with Crippen LogP contribution in [0.2, 0.25) is 0 Å². The summed E-state index contributed by atoms with van der Waals surface area (Å²) < 4.78 is 0. The smallest absolute Gasteiger partial charge is 0.242 e. The summed E-state index contributed by atoms with van der Waals surface area (Å²) in [5, 5.41) is 2.97. The lowest BCUT2D eigenvalue weighted by Crippen LogP contribution is -2.56. The van der Waals surface area contributed by atoms with Crippen LogP contribution in [0.1, 0.15) is 46.5 Å². The lowest BCUT2D eigenvalue weighted by atomic mass is 9.96. The van der Waals surface area contributed by atoms with Gasteiger partial charge in [0.15, 0.2) is 0 Å². The monoisotopic (exact) mass is 255 g/mol. The van der Waals surface area contributed by atoms with Crippen LogP contribution in [0.5, 0.6) is 0 Å². The molecule has 1 atom stereocenters. The van der Waals surface area contributed by atoms with Gasteiger partial charge >= 0.3 is 0 Å². The molecular formula is C13H25N3O2. The predicted octanol–water partition coefficient (Wildman–Crippen LogP) is 0.631. The summed E-state index contributed by atoms with van der Waals surface area (Å²) in [4.78, 5) is 25.3. The first-order valence-electron chi connectivity index (χ1n) is 6.78. The summed E-state index contributed by atoms with van der Waals surface area (Å²) in [7, 11) is 0. The van der Waals surface area contributed by atoms with Crippen molar-refractivity contribution < 1.29 is 9.59 Å². The van der Waals surface area contributed by atoms with Gasteiger partial charge in [-0.1, -0.05) is 13.8 Å². The summed E-state index contributed by atoms with van der Waals surface area (Å²) >= 11 is 0. The molecule has 18 heavy (non-hydrogen) atoms. The summed E-state index contributed by atoms with van der Waals surface area (Å²) in [5.41, 5.74) is 5.20. The van der Waals surface area contributed by atoms with E-state index in [0.29, 0.717) is 25.9 Å². The highest BCUT2D eigenvalue weighted by atomic mass is 16.2. The Morgan fingerprint density at radius 1 is 1.33 bits per heavy atom. The quantitative estimate of drug-likeness (QED) is 0.773. The van der Waals surface area contributed by atoms with Gasteiger partial charge in [-0.25, -0.2) is 0 Å². The molecule has 0 aromatic carbocycles. The Labute approximate surface area is 109 Å². The molecule has 1 heterocycles. The van der Waals surface area contributed by atoms with Crippen LogP contribution in [0.3, 0.4) is 0 Å². The third kappa shape index (κ3) is 3.70. The minimum atomic E-state index is -0.764. The van der Waals surface area contributed by atoms with E-state index in [1.54, 1.807) is 6.92 Å². The number of amides is 2. The second kappa shape index (κ2) is 6.18. The number of carbonyl (C=O) groups is 2. The van der Waals surface area contributed by atoms with Gasteiger partial charge in [0.05, 0.1) is 5.54 Å². The zero-order valence-electron chi connectivity index (χ0n) is 11.7. The van der Waals surface area contributed by atoms with Crippen molar-refractivity contribution in [2.45, 2.75) is 58.0 Å². The van der Waals surface area contributed by atoms with Crippen LogP contribution in [0, 0.1) is 0 Å². The molecule has 0 saturated carbocycles. The van der Waals surface area contributed by atoms with Gasteiger partial charge in [0.1, 0.15) is 0 Å². The van der Waals surface area contributed by atoms with E-state index in [2.05, 4.69) is 5.32 Å². The molecule has 5 heteroatoms. The van der Waals surface area contributed by atoms with E-state index in [1.807, 2.05) is 18.7 Å². The van der Waals surface area contributed by atoms with E-state index < -0.39 is 5.54 Å². The van der Waals surface area contributed by atoms with E-state index in [0.717, 1.165) is 12.8 Å². The fraction of sp³-hybridized carbons (Fsp3) is 0.846. The van der Waals surface area contributed by atoms with Crippen molar-refractivity contribution in [1.82, 2.24) is 10.2 Å². The SMILES string of the molecule is CCC(=O)NC1CCN(C(=O)C(C)(N)CC)CC1. The molecule has 0 aliphatic carbocycles. The molecule has 0 aromatic rings. The summed E-state index contributed by atoms with van der Waals surface area (Å²) in [6, 6.07) is 0.201. The van der Waals surface area contributed by atoms with Gasteiger partial charge in [-0.05, 0) is 26.2 Å². The fourth-order valence-corrected chi connectivity index (χ4v) is 2.07. The van der Waals surface area contributed by atoms with Gasteiger partial charge in [-0.3, -0.25) is 9.59 Å². The maximum absolute atomic E-state index is 12.1. The first-order valence-corrected chi connectivity index (χ1v) is 6.78. The summed E-state index contributed by atoms with van der Waals surface area (Å²) in [5.74, 6) is 0.0993. The van der Waals surface area contributed by atoms with Crippen molar-refractivity contribution in [1.29, 1.82) is 0 Å². The van der Waals surface area contributed by atoms with Gasteiger partial charge in [-0.15, -0.1) is 0 Å². The van der Waals surface area contributed by atoms with Crippen LogP contribution in [0.15, 0.2) is 0 Å². The number of likely N-dealkylation sites (tertiary alicyclic amines) is 1. The van der Waals surface area contributed by atoms with E-state index in [1.165, 1.54) is 0 Å². The van der Waals surface area contributed by atoms with Crippen LogP contribution >= 0.6 is 0 Å². The molecular weight excluding hydrogens is 230 g/mol. The van der Waals surface area contributed by atoms with Crippen LogP contribution in [0.4, 0.5) is 0 Å². The van der Waals surface area contributed by atoms with Crippen LogP contribution in [0.25, 0.3) is 0 Å². The lowest BCUT2D eigenvalue weighted by molar-refractivity contribution is -0.137. The number of rotatable bonds is 4. The second-order valence-electron chi connectivity index (χ2n) is 5.26. The standard InChI is InChI=1S/C13H25N3O2/c1-4-11(17)15-10-6-8-16(9-7-10)12(18)13(3,14)5-2/h10H,4-9,14H2,1-3H3,(H,15,17). The van der Waals surface area contributed by atoms with E-state index in [4.69, 9.17) is 5.73 Å². The number of hydrogen-bond acceptors (Lipinski definition) is 3. The van der Waals surface area contributed by atoms with E-state index in [-0.39, 0.29) is 17.9 Å². The highest BCUT2D eigenvalue weighted by Crippen LogP contribution is 2.16. The fourth-order valence-electron chi connectivity index (χ4n) is 2.07. The van der Waals surface area contributed by atoms with E-state index >= 15 is 0 Å². The maximum Gasteiger partial charge on any atom is 0.242 e. The third-order valence-electron chi connectivity index (χ3n) is 3.69. The summed E-state index contributed by atoms with van der Waals surface area (Å²) in [6.07, 6.45) is 2.78. The molecule has 1 unspecified atom stereocenters. The molecule has 0 aromatic heterocycles. The van der Waals surface area contributed by atoms with Crippen molar-refractivity contribution in [2.75, 3.05) is 13.1 Å². The number of piperidine rings is 1. The average Bonchev–Trinajstić information content (AvgIpc) is 2.38. The minimum Gasteiger partial charge on any atom is -0.353 e. The molecule has 104 valence electrons. The zero-order chi connectivity index (χ0) is 13.8. The largest absolute Gasteiger partial charge is 0.353 e. The molecule has 2 amide bonds. The number of carbonyl (C=O) groups excluding carboxylic acids is 2. The van der Waals surface area contributed by atoms with Crippen molar-refractivity contribution >= 4 is 11.8 Å². The predicted molar refractivity (Wildman–Crippen MR) is 70.9 cm³/mol. The molecule has 1 saturated heterocycles. The van der Waals surface area contributed by atoms with Gasteiger partial charge < -0.3 is 16.0 Å². The van der Waals surface area contributed by atoms with Crippen LogP contribution in [-0.2, 0) is 9.59 Å². The molecule has 5 nitrogen and oxygen atoms in total. The highest BCUT2D eigenvalue weighted by Gasteiger charge is 2.33. The molecule has 1 rings (SSSR count). The minimum absolute atomic E-state index is 0.0188. The Morgan fingerprint density at radius 3 is 2.33 bits per heavy atom. The Morgan fingerprint density at radius 2 is 1.89 bits per heavy atom. The lowest BCUT2D eigenvalue weighted by Gasteiger charge is -2.36. The average molecular weight is 255 g/mol. The molecule has 1 aliphatic heterocycles. The van der Waals surface area contributed by atoms with Crippen molar-refractivity contribution in [3.05, 3.63) is 0 Å². The summed E-state index contributed by atoms with van der Waals surface area (Å²) in [6.45, 7) is 6.90. The molecule has 3 N–H and O–H groups in total. The number of hydrogen-bond donors (Lipinski definition) is 2. The third-order valence-corrected chi connectivity index (χ3v) is 3.69. The van der Waals surface area contributed by atoms with Crippen molar-refractivity contribution in [2.24, 2.45) is 5.73 Å². The second-order valence-corrected chi connectivity index (χ2v) is 5.26. The number of nitrogens with zero attached hydrogens (tertiary/aromatic N) is 1. The molecule has 1 aliphatic rings. The highest BCUT2D eigenvalue weighted by molar-refractivity contribution is 5.85. The molecule has 0 spiro atoms. The Hall–Kier alpha value is -1.10. The van der Waals surface area contributed by atoms with Gasteiger partial charge in [-0.2, -0.15) is 0 Å². The van der Waals surface area contributed by atoms with Crippen molar-refractivity contribution in [3.8, 4) is 0 Å². The Kier molecular flexibility index (Phi) is 5.14. The Bertz CT molecular complexity index is 307. The maximum atomic E-state index is 12.1. The number of nitrogens with two attached hydrogens (primary N) is 1. The van der Waals surface area contributed by atoms with E-state index in [9.17, 15) is 9.59 Å². The molecule has 0 radical (unpaired) electrons. The topological polar surface area (TPSA) is 75.4 Å². The van der Waals surface area contributed by atoms with Crippen molar-refractivity contribution in [3.63, 3.8) is 0 Å². The first-order chi connectivity index (χ1) is 8.40. The zero-order valence-corrected chi connectivity index (χ0v) is 11.7.